The maximum atomic E-state index is 11.9. The fourth-order valence-electron chi connectivity index (χ4n) is 2.67. The van der Waals surface area contributed by atoms with Gasteiger partial charge in [-0.25, -0.2) is 13.6 Å². The van der Waals surface area contributed by atoms with Crippen LogP contribution in [0.25, 0.3) is 0 Å². The van der Waals surface area contributed by atoms with E-state index in [1.165, 1.54) is 19.3 Å². The highest BCUT2D eigenvalue weighted by molar-refractivity contribution is 7.89. The van der Waals surface area contributed by atoms with Gasteiger partial charge in [0.15, 0.2) is 0 Å². The first-order valence-corrected chi connectivity index (χ1v) is 8.92. The number of amides is 1. The predicted molar refractivity (Wildman–Crippen MR) is 76.0 cm³/mol. The summed E-state index contributed by atoms with van der Waals surface area (Å²) >= 11 is 0. The number of carbonyl (C=O) groups is 1. The number of primary sulfonamides is 1. The summed E-state index contributed by atoms with van der Waals surface area (Å²) in [5.74, 6) is 0.620. The summed E-state index contributed by atoms with van der Waals surface area (Å²) in [6.45, 7) is 2.32. The second kappa shape index (κ2) is 7.85. The molecule has 0 spiro atoms. The lowest BCUT2D eigenvalue weighted by Crippen LogP contribution is -2.37. The third-order valence-corrected chi connectivity index (χ3v) is 4.64. The maximum Gasteiger partial charge on any atom is 0.223 e. The Morgan fingerprint density at radius 2 is 1.89 bits per heavy atom. The fourth-order valence-corrected chi connectivity index (χ4v) is 3.05. The summed E-state index contributed by atoms with van der Waals surface area (Å²) in [6, 6.07) is 0. The molecule has 1 saturated carbocycles. The van der Waals surface area contributed by atoms with Gasteiger partial charge < -0.3 is 5.32 Å². The second-order valence-electron chi connectivity index (χ2n) is 5.52. The predicted octanol–water partition coefficient (Wildman–Crippen LogP) is 1.39. The number of nitrogens with two attached hydrogens (primary N) is 1. The lowest BCUT2D eigenvalue weighted by atomic mass is 9.79. The van der Waals surface area contributed by atoms with E-state index in [1.807, 2.05) is 0 Å². The molecule has 112 valence electrons. The van der Waals surface area contributed by atoms with Gasteiger partial charge in [-0.3, -0.25) is 4.79 Å². The van der Waals surface area contributed by atoms with Crippen LogP contribution >= 0.6 is 0 Å². The van der Waals surface area contributed by atoms with Crippen molar-refractivity contribution in [1.82, 2.24) is 5.32 Å². The highest BCUT2D eigenvalue weighted by Crippen LogP contribution is 2.31. The number of sulfonamides is 1. The highest BCUT2D eigenvalue weighted by Gasteiger charge is 2.25. The standard InChI is InChI=1S/C13H26N2O3S/c1-2-3-4-11-5-7-12(8-6-11)13(16)15-9-10-19(14,17)18/h11-12H,2-10H2,1H3,(H,15,16)(H2,14,17,18). The van der Waals surface area contributed by atoms with E-state index in [0.29, 0.717) is 0 Å². The number of rotatable bonds is 7. The van der Waals surface area contributed by atoms with Crippen LogP contribution in [0.2, 0.25) is 0 Å². The van der Waals surface area contributed by atoms with E-state index >= 15 is 0 Å². The molecule has 3 N–H and O–H groups in total. The van der Waals surface area contributed by atoms with Crippen molar-refractivity contribution >= 4 is 15.9 Å². The first kappa shape index (κ1) is 16.4. The Labute approximate surface area is 116 Å². The molecule has 0 aliphatic heterocycles. The van der Waals surface area contributed by atoms with Crippen LogP contribution in [0.1, 0.15) is 51.9 Å². The normalized spacial score (nSPS) is 24.1. The van der Waals surface area contributed by atoms with Crippen LogP contribution in [0.15, 0.2) is 0 Å². The first-order valence-electron chi connectivity index (χ1n) is 7.20. The fraction of sp³-hybridized carbons (Fsp3) is 0.923. The number of nitrogens with one attached hydrogen (secondary N) is 1. The monoisotopic (exact) mass is 290 g/mol. The van der Waals surface area contributed by atoms with Crippen molar-refractivity contribution in [2.75, 3.05) is 12.3 Å². The lowest BCUT2D eigenvalue weighted by Gasteiger charge is -2.27. The van der Waals surface area contributed by atoms with Crippen LogP contribution in [0.4, 0.5) is 0 Å². The second-order valence-corrected chi connectivity index (χ2v) is 7.25. The van der Waals surface area contributed by atoms with E-state index in [1.54, 1.807) is 0 Å². The molecule has 5 nitrogen and oxygen atoms in total. The van der Waals surface area contributed by atoms with E-state index in [2.05, 4.69) is 12.2 Å². The molecule has 0 saturated heterocycles. The van der Waals surface area contributed by atoms with Crippen molar-refractivity contribution < 1.29 is 13.2 Å². The van der Waals surface area contributed by atoms with Crippen molar-refractivity contribution in [3.8, 4) is 0 Å². The van der Waals surface area contributed by atoms with Crippen molar-refractivity contribution in [2.45, 2.75) is 51.9 Å². The molecule has 6 heteroatoms. The molecule has 1 rings (SSSR count). The number of hydrogen-bond donors (Lipinski definition) is 2. The molecule has 0 unspecified atom stereocenters. The Morgan fingerprint density at radius 3 is 2.42 bits per heavy atom. The van der Waals surface area contributed by atoms with Crippen LogP contribution < -0.4 is 10.5 Å². The van der Waals surface area contributed by atoms with Gasteiger partial charge in [0, 0.05) is 12.5 Å². The first-order chi connectivity index (χ1) is 8.92. The number of hydrogen-bond acceptors (Lipinski definition) is 3. The largest absolute Gasteiger partial charge is 0.355 e. The zero-order valence-electron chi connectivity index (χ0n) is 11.7. The lowest BCUT2D eigenvalue weighted by molar-refractivity contribution is -0.126. The van der Waals surface area contributed by atoms with Crippen molar-refractivity contribution in [3.05, 3.63) is 0 Å². The van der Waals surface area contributed by atoms with E-state index in [4.69, 9.17) is 5.14 Å². The minimum Gasteiger partial charge on any atom is -0.355 e. The molecule has 1 aliphatic carbocycles. The average molecular weight is 290 g/mol. The molecule has 1 amide bonds. The molecule has 0 aromatic carbocycles. The molecular weight excluding hydrogens is 264 g/mol. The molecule has 0 radical (unpaired) electrons. The Hall–Kier alpha value is -0.620. The van der Waals surface area contributed by atoms with E-state index < -0.39 is 10.0 Å². The molecular formula is C13H26N2O3S. The minimum absolute atomic E-state index is 0.0161. The smallest absolute Gasteiger partial charge is 0.223 e. The SMILES string of the molecule is CCCCC1CCC(C(=O)NCCS(N)(=O)=O)CC1. The third-order valence-electron chi connectivity index (χ3n) is 3.87. The van der Waals surface area contributed by atoms with Gasteiger partial charge in [0.05, 0.1) is 5.75 Å². The van der Waals surface area contributed by atoms with Gasteiger partial charge in [0.2, 0.25) is 15.9 Å². The average Bonchev–Trinajstić information content (AvgIpc) is 2.35. The van der Waals surface area contributed by atoms with Crippen LogP contribution in [0.3, 0.4) is 0 Å². The Kier molecular flexibility index (Phi) is 6.79. The zero-order valence-corrected chi connectivity index (χ0v) is 12.5. The molecule has 0 bridgehead atoms. The summed E-state index contributed by atoms with van der Waals surface area (Å²) in [7, 11) is -3.48. The van der Waals surface area contributed by atoms with E-state index in [-0.39, 0.29) is 24.1 Å². The molecule has 0 aromatic heterocycles. The Bertz CT molecular complexity index is 373. The molecule has 0 atom stereocenters. The van der Waals surface area contributed by atoms with Crippen LogP contribution in [-0.4, -0.2) is 26.6 Å². The van der Waals surface area contributed by atoms with Gasteiger partial charge >= 0.3 is 0 Å². The van der Waals surface area contributed by atoms with Crippen LogP contribution in [0, 0.1) is 11.8 Å². The van der Waals surface area contributed by atoms with Crippen molar-refractivity contribution in [3.63, 3.8) is 0 Å². The molecule has 1 aliphatic rings. The topological polar surface area (TPSA) is 89.3 Å². The maximum absolute atomic E-state index is 11.9. The Morgan fingerprint density at radius 1 is 1.26 bits per heavy atom. The quantitative estimate of drug-likeness (QED) is 0.742. The van der Waals surface area contributed by atoms with Crippen LogP contribution in [0.5, 0.6) is 0 Å². The summed E-state index contributed by atoms with van der Waals surface area (Å²) in [5, 5.41) is 7.55. The molecule has 0 heterocycles. The minimum atomic E-state index is -3.48. The molecule has 19 heavy (non-hydrogen) atoms. The summed E-state index contributed by atoms with van der Waals surface area (Å²) in [5.41, 5.74) is 0. The molecule has 1 fully saturated rings. The number of unbranched alkanes of at least 4 members (excludes halogenated alkanes) is 1. The zero-order chi connectivity index (χ0) is 14.3. The van der Waals surface area contributed by atoms with Gasteiger partial charge in [-0.05, 0) is 31.6 Å². The van der Waals surface area contributed by atoms with Crippen molar-refractivity contribution in [1.29, 1.82) is 0 Å². The third kappa shape index (κ3) is 6.92. The van der Waals surface area contributed by atoms with Gasteiger partial charge in [-0.15, -0.1) is 0 Å². The van der Waals surface area contributed by atoms with E-state index in [0.717, 1.165) is 31.6 Å². The number of carbonyl (C=O) groups excluding carboxylic acids is 1. The highest BCUT2D eigenvalue weighted by atomic mass is 32.2. The van der Waals surface area contributed by atoms with Gasteiger partial charge in [-0.1, -0.05) is 26.2 Å². The van der Waals surface area contributed by atoms with Crippen LogP contribution in [-0.2, 0) is 14.8 Å². The molecule has 0 aromatic rings. The Balaban J connectivity index is 2.21. The summed E-state index contributed by atoms with van der Waals surface area (Å²) in [4.78, 5) is 11.9. The van der Waals surface area contributed by atoms with Crippen molar-refractivity contribution in [2.24, 2.45) is 17.0 Å². The van der Waals surface area contributed by atoms with Gasteiger partial charge in [0.1, 0.15) is 0 Å². The van der Waals surface area contributed by atoms with E-state index in [9.17, 15) is 13.2 Å². The van der Waals surface area contributed by atoms with Gasteiger partial charge in [-0.2, -0.15) is 0 Å². The summed E-state index contributed by atoms with van der Waals surface area (Å²) in [6.07, 6.45) is 7.87. The van der Waals surface area contributed by atoms with Gasteiger partial charge in [0.25, 0.3) is 0 Å². The summed E-state index contributed by atoms with van der Waals surface area (Å²) < 4.78 is 21.5.